The van der Waals surface area contributed by atoms with E-state index in [1.165, 1.54) is 6.92 Å². The molecule has 2 aliphatic rings. The standard InChI is InChI=1S/C26H28O16/c1-7-16(32)23(41-25-20(36)18(34)13(31)6-38-25)21(37)26(39-7)42-24-19(35)15-10(28)4-9(27)5-14(15)40-22(24)8-2-11(29)17(33)12(30)3-8/h2-5,7,13,16,18,20-21,23,25-34,36-37H,6H2,1H3. The molecular weight excluding hydrogens is 568 g/mol. The van der Waals surface area contributed by atoms with Gasteiger partial charge in [0.05, 0.1) is 12.7 Å². The Hall–Kier alpha value is -3.87. The molecule has 16 heteroatoms. The van der Waals surface area contributed by atoms with E-state index in [-0.39, 0.29) is 11.1 Å². The summed E-state index contributed by atoms with van der Waals surface area (Å²) < 4.78 is 27.7. The van der Waals surface area contributed by atoms with Gasteiger partial charge in [-0.1, -0.05) is 0 Å². The fourth-order valence-corrected chi connectivity index (χ4v) is 4.73. The highest BCUT2D eigenvalue weighted by atomic mass is 16.7. The van der Waals surface area contributed by atoms with Crippen molar-refractivity contribution in [1.29, 1.82) is 0 Å². The molecule has 9 unspecified atom stereocenters. The molecule has 228 valence electrons. The predicted octanol–water partition coefficient (Wildman–Crippen LogP) is -1.34. The van der Waals surface area contributed by atoms with Gasteiger partial charge in [-0.2, -0.15) is 0 Å². The second-order valence-corrected chi connectivity index (χ2v) is 9.95. The van der Waals surface area contributed by atoms with Gasteiger partial charge in [-0.3, -0.25) is 4.79 Å². The average molecular weight is 596 g/mol. The fourth-order valence-electron chi connectivity index (χ4n) is 4.73. The van der Waals surface area contributed by atoms with E-state index < -0.39 is 113 Å². The monoisotopic (exact) mass is 596 g/mol. The molecule has 16 nitrogen and oxygen atoms in total. The number of hydrogen-bond donors (Lipinski definition) is 10. The molecule has 0 spiro atoms. The molecule has 3 heterocycles. The number of aliphatic hydroxyl groups excluding tert-OH is 5. The third-order valence-electron chi connectivity index (χ3n) is 7.01. The van der Waals surface area contributed by atoms with E-state index in [4.69, 9.17) is 23.4 Å². The summed E-state index contributed by atoms with van der Waals surface area (Å²) in [6.07, 6.45) is -14.4. The maximum Gasteiger partial charge on any atom is 0.239 e. The van der Waals surface area contributed by atoms with Crippen molar-refractivity contribution in [3.05, 3.63) is 34.5 Å². The number of aromatic hydroxyl groups is 5. The quantitative estimate of drug-likeness (QED) is 0.153. The summed E-state index contributed by atoms with van der Waals surface area (Å²) in [5.74, 6) is -4.91. The Morgan fingerprint density at radius 1 is 0.810 bits per heavy atom. The molecule has 0 aliphatic carbocycles. The maximum atomic E-state index is 13.6. The summed E-state index contributed by atoms with van der Waals surface area (Å²) in [7, 11) is 0. The van der Waals surface area contributed by atoms with Crippen LogP contribution >= 0.6 is 0 Å². The SMILES string of the molecule is CC1OC(Oc2c(-c3cc(O)c(O)c(O)c3)oc3cc(O)cc(O)c3c2=O)C(O)C(OC2OCC(O)C(O)C2O)C1O. The zero-order valence-electron chi connectivity index (χ0n) is 21.6. The average Bonchev–Trinajstić information content (AvgIpc) is 2.93. The van der Waals surface area contributed by atoms with Gasteiger partial charge < -0.3 is 74.4 Å². The molecule has 2 aliphatic heterocycles. The van der Waals surface area contributed by atoms with Crippen LogP contribution in [-0.4, -0.2) is 113 Å². The summed E-state index contributed by atoms with van der Waals surface area (Å²) in [6, 6.07) is 3.67. The lowest BCUT2D eigenvalue weighted by atomic mass is 9.98. The topological polar surface area (TPSA) is 269 Å². The number of hydrogen-bond acceptors (Lipinski definition) is 16. The number of benzene rings is 2. The van der Waals surface area contributed by atoms with E-state index in [0.717, 1.165) is 24.3 Å². The molecule has 3 aromatic rings. The second kappa shape index (κ2) is 11.1. The number of aliphatic hydroxyl groups is 5. The highest BCUT2D eigenvalue weighted by Gasteiger charge is 2.49. The summed E-state index contributed by atoms with van der Waals surface area (Å²) in [5.41, 5.74) is -1.62. The predicted molar refractivity (Wildman–Crippen MR) is 136 cm³/mol. The maximum absolute atomic E-state index is 13.6. The Morgan fingerprint density at radius 3 is 2.14 bits per heavy atom. The Kier molecular flexibility index (Phi) is 7.82. The van der Waals surface area contributed by atoms with Crippen LogP contribution in [-0.2, 0) is 14.2 Å². The number of rotatable bonds is 5. The van der Waals surface area contributed by atoms with Crippen molar-refractivity contribution in [3.8, 4) is 45.8 Å². The van der Waals surface area contributed by atoms with Gasteiger partial charge >= 0.3 is 0 Å². The van der Waals surface area contributed by atoms with Crippen LogP contribution in [0.3, 0.4) is 0 Å². The van der Waals surface area contributed by atoms with E-state index >= 15 is 0 Å². The highest BCUT2D eigenvalue weighted by molar-refractivity contribution is 5.88. The van der Waals surface area contributed by atoms with Crippen LogP contribution in [0.25, 0.3) is 22.3 Å². The number of phenolic OH excluding ortho intramolecular Hbond substituents is 5. The van der Waals surface area contributed by atoms with Gasteiger partial charge in [0, 0.05) is 17.7 Å². The van der Waals surface area contributed by atoms with Crippen LogP contribution in [0.15, 0.2) is 33.5 Å². The molecule has 0 bridgehead atoms. The van der Waals surface area contributed by atoms with E-state index in [1.807, 2.05) is 0 Å². The number of ether oxygens (including phenoxy) is 4. The van der Waals surface area contributed by atoms with Gasteiger partial charge in [0.15, 0.2) is 29.3 Å². The lowest BCUT2D eigenvalue weighted by molar-refractivity contribution is -0.336. The van der Waals surface area contributed by atoms with Gasteiger partial charge in [-0.25, -0.2) is 0 Å². The van der Waals surface area contributed by atoms with Crippen LogP contribution < -0.4 is 10.2 Å². The normalized spacial score (nSPS) is 31.7. The zero-order chi connectivity index (χ0) is 30.6. The largest absolute Gasteiger partial charge is 0.508 e. The molecule has 9 atom stereocenters. The third-order valence-corrected chi connectivity index (χ3v) is 7.01. The number of phenols is 5. The van der Waals surface area contributed by atoms with Gasteiger partial charge in [-0.15, -0.1) is 0 Å². The lowest BCUT2D eigenvalue weighted by Gasteiger charge is -2.44. The first-order valence-corrected chi connectivity index (χ1v) is 12.6. The first kappa shape index (κ1) is 29.6. The second-order valence-electron chi connectivity index (χ2n) is 9.95. The molecular formula is C26H28O16. The summed E-state index contributed by atoms with van der Waals surface area (Å²) in [5, 5.41) is 101. The minimum absolute atomic E-state index is 0.225. The molecule has 2 fully saturated rings. The van der Waals surface area contributed by atoms with Crippen LogP contribution in [0.1, 0.15) is 6.92 Å². The van der Waals surface area contributed by atoms with Crippen LogP contribution in [0.4, 0.5) is 0 Å². The Labute approximate surface area is 235 Å². The zero-order valence-corrected chi connectivity index (χ0v) is 21.6. The first-order valence-electron chi connectivity index (χ1n) is 12.6. The summed E-state index contributed by atoms with van der Waals surface area (Å²) >= 11 is 0. The van der Waals surface area contributed by atoms with Crippen molar-refractivity contribution in [2.45, 2.75) is 62.2 Å². The smallest absolute Gasteiger partial charge is 0.239 e. The van der Waals surface area contributed by atoms with Crippen molar-refractivity contribution < 1.29 is 74.4 Å². The minimum Gasteiger partial charge on any atom is -0.508 e. The molecule has 2 saturated heterocycles. The van der Waals surface area contributed by atoms with Gasteiger partial charge in [-0.05, 0) is 19.1 Å². The first-order chi connectivity index (χ1) is 19.8. The Morgan fingerprint density at radius 2 is 1.48 bits per heavy atom. The van der Waals surface area contributed by atoms with Gasteiger partial charge in [0.25, 0.3) is 0 Å². The molecule has 5 rings (SSSR count). The fraction of sp³-hybridized carbons (Fsp3) is 0.423. The Balaban J connectivity index is 1.56. The molecule has 0 radical (unpaired) electrons. The highest BCUT2D eigenvalue weighted by Crippen LogP contribution is 2.43. The van der Waals surface area contributed by atoms with Crippen molar-refractivity contribution in [2.75, 3.05) is 6.61 Å². The molecule has 0 saturated carbocycles. The molecule has 10 N–H and O–H groups in total. The van der Waals surface area contributed by atoms with Crippen LogP contribution in [0.5, 0.6) is 34.5 Å². The van der Waals surface area contributed by atoms with Crippen molar-refractivity contribution in [1.82, 2.24) is 0 Å². The Bertz CT molecular complexity index is 1510. The molecule has 0 amide bonds. The molecule has 42 heavy (non-hydrogen) atoms. The van der Waals surface area contributed by atoms with Crippen molar-refractivity contribution in [3.63, 3.8) is 0 Å². The number of fused-ring (bicyclic) bond motifs is 1. The van der Waals surface area contributed by atoms with Gasteiger partial charge in [0.1, 0.15) is 59.1 Å². The van der Waals surface area contributed by atoms with E-state index in [1.54, 1.807) is 0 Å². The molecule has 1 aromatic heterocycles. The van der Waals surface area contributed by atoms with E-state index in [9.17, 15) is 55.9 Å². The van der Waals surface area contributed by atoms with E-state index in [2.05, 4.69) is 0 Å². The minimum atomic E-state index is -1.91. The third kappa shape index (κ3) is 5.14. The van der Waals surface area contributed by atoms with Crippen LogP contribution in [0, 0.1) is 0 Å². The molecule has 2 aromatic carbocycles. The van der Waals surface area contributed by atoms with Crippen molar-refractivity contribution in [2.24, 2.45) is 0 Å². The van der Waals surface area contributed by atoms with Gasteiger partial charge in [0.2, 0.25) is 17.5 Å². The summed E-state index contributed by atoms with van der Waals surface area (Å²) in [6.45, 7) is 0.940. The van der Waals surface area contributed by atoms with Crippen molar-refractivity contribution >= 4 is 11.0 Å². The lowest BCUT2D eigenvalue weighted by Crippen LogP contribution is -2.62. The summed E-state index contributed by atoms with van der Waals surface area (Å²) in [4.78, 5) is 13.6. The van der Waals surface area contributed by atoms with Crippen LogP contribution in [0.2, 0.25) is 0 Å². The van der Waals surface area contributed by atoms with E-state index in [0.29, 0.717) is 0 Å².